The molecule has 2 aromatic carbocycles. The molecule has 0 radical (unpaired) electrons. The van der Waals surface area contributed by atoms with Crippen molar-refractivity contribution >= 4 is 33.4 Å². The third-order valence-electron chi connectivity index (χ3n) is 5.09. The minimum Gasteiger partial charge on any atom is -0.451 e. The second-order valence-electron chi connectivity index (χ2n) is 7.39. The predicted octanol–water partition coefficient (Wildman–Crippen LogP) is 4.25. The average molecular weight is 450 g/mol. The summed E-state index contributed by atoms with van der Waals surface area (Å²) >= 11 is 6.14. The van der Waals surface area contributed by atoms with Crippen LogP contribution in [0.4, 0.5) is 0 Å². The van der Waals surface area contributed by atoms with Crippen molar-refractivity contribution in [3.8, 4) is 0 Å². The standard InChI is InChI=1S/C22H24ClNO5S/c1-15-6-8-17(9-7-15)21(25)16(2)29-22(26)18-10-11-19(23)20(14-18)30(27,28)24-12-4-3-5-13-24/h6-11,14,16H,3-5,12-13H2,1-2H3/t16-/m0/s1. The molecule has 30 heavy (non-hydrogen) atoms. The Morgan fingerprint density at radius 3 is 2.23 bits per heavy atom. The Labute approximate surface area is 181 Å². The number of piperidine rings is 1. The summed E-state index contributed by atoms with van der Waals surface area (Å²) in [5.74, 6) is -1.12. The van der Waals surface area contributed by atoms with Crippen LogP contribution in [0.2, 0.25) is 5.02 Å². The van der Waals surface area contributed by atoms with Crippen molar-refractivity contribution in [2.75, 3.05) is 13.1 Å². The Hall–Kier alpha value is -2.22. The van der Waals surface area contributed by atoms with Gasteiger partial charge in [-0.3, -0.25) is 4.79 Å². The van der Waals surface area contributed by atoms with Gasteiger partial charge in [-0.25, -0.2) is 13.2 Å². The molecule has 0 unspecified atom stereocenters. The minimum atomic E-state index is -3.81. The van der Waals surface area contributed by atoms with E-state index in [1.165, 1.54) is 29.4 Å². The van der Waals surface area contributed by atoms with Crippen molar-refractivity contribution in [1.29, 1.82) is 0 Å². The third-order valence-corrected chi connectivity index (χ3v) is 7.47. The highest BCUT2D eigenvalue weighted by atomic mass is 35.5. The molecule has 1 fully saturated rings. The van der Waals surface area contributed by atoms with Crippen LogP contribution in [-0.2, 0) is 14.8 Å². The zero-order valence-corrected chi connectivity index (χ0v) is 18.5. The highest BCUT2D eigenvalue weighted by molar-refractivity contribution is 7.89. The Morgan fingerprint density at radius 1 is 1.00 bits per heavy atom. The van der Waals surface area contributed by atoms with Crippen LogP contribution in [0.25, 0.3) is 0 Å². The van der Waals surface area contributed by atoms with Gasteiger partial charge in [-0.1, -0.05) is 47.9 Å². The Bertz CT molecular complexity index is 1040. The lowest BCUT2D eigenvalue weighted by Crippen LogP contribution is -2.35. The molecule has 1 atom stereocenters. The molecule has 6 nitrogen and oxygen atoms in total. The molecule has 1 aliphatic rings. The molecule has 8 heteroatoms. The number of hydrogen-bond donors (Lipinski definition) is 0. The highest BCUT2D eigenvalue weighted by Crippen LogP contribution is 2.28. The molecule has 160 valence electrons. The molecule has 0 aromatic heterocycles. The first-order valence-corrected chi connectivity index (χ1v) is 11.6. The van der Waals surface area contributed by atoms with Gasteiger partial charge in [-0.15, -0.1) is 0 Å². The maximum Gasteiger partial charge on any atom is 0.338 e. The summed E-state index contributed by atoms with van der Waals surface area (Å²) in [5, 5.41) is 0.0425. The van der Waals surface area contributed by atoms with E-state index in [4.69, 9.17) is 16.3 Å². The summed E-state index contributed by atoms with van der Waals surface area (Å²) in [6.07, 6.45) is 1.55. The van der Waals surface area contributed by atoms with Crippen LogP contribution in [-0.4, -0.2) is 43.7 Å². The molecule has 0 N–H and O–H groups in total. The summed E-state index contributed by atoms with van der Waals surface area (Å²) in [6, 6.07) is 10.9. The Balaban J connectivity index is 1.78. The van der Waals surface area contributed by atoms with E-state index < -0.39 is 22.1 Å². The van der Waals surface area contributed by atoms with Crippen LogP contribution in [0.3, 0.4) is 0 Å². The van der Waals surface area contributed by atoms with E-state index in [9.17, 15) is 18.0 Å². The number of rotatable bonds is 6. The summed E-state index contributed by atoms with van der Waals surface area (Å²) in [4.78, 5) is 25.0. The van der Waals surface area contributed by atoms with Crippen molar-refractivity contribution in [3.05, 3.63) is 64.2 Å². The number of benzene rings is 2. The van der Waals surface area contributed by atoms with Crippen molar-refractivity contribution < 1.29 is 22.7 Å². The topological polar surface area (TPSA) is 80.8 Å². The number of nitrogens with zero attached hydrogens (tertiary/aromatic N) is 1. The van der Waals surface area contributed by atoms with Crippen LogP contribution in [0.5, 0.6) is 0 Å². The van der Waals surface area contributed by atoms with E-state index in [2.05, 4.69) is 0 Å². The highest BCUT2D eigenvalue weighted by Gasteiger charge is 2.29. The average Bonchev–Trinajstić information content (AvgIpc) is 2.74. The second kappa shape index (κ2) is 9.29. The molecule has 0 bridgehead atoms. The van der Waals surface area contributed by atoms with Crippen molar-refractivity contribution in [3.63, 3.8) is 0 Å². The lowest BCUT2D eigenvalue weighted by molar-refractivity contribution is 0.0318. The fourth-order valence-corrected chi connectivity index (χ4v) is 5.32. The number of carbonyl (C=O) groups excluding carboxylic acids is 2. The maximum atomic E-state index is 13.0. The normalized spacial score (nSPS) is 16.1. The zero-order valence-electron chi connectivity index (χ0n) is 16.9. The van der Waals surface area contributed by atoms with E-state index in [1.807, 2.05) is 6.92 Å². The summed E-state index contributed by atoms with van der Waals surface area (Å²) in [5.41, 5.74) is 1.48. The number of hydrogen-bond acceptors (Lipinski definition) is 5. The van der Waals surface area contributed by atoms with Gasteiger partial charge in [0.25, 0.3) is 0 Å². The van der Waals surface area contributed by atoms with Crippen molar-refractivity contribution in [1.82, 2.24) is 4.31 Å². The lowest BCUT2D eigenvalue weighted by atomic mass is 10.1. The monoisotopic (exact) mass is 449 g/mol. The van der Waals surface area contributed by atoms with Crippen LogP contribution in [0.15, 0.2) is 47.4 Å². The van der Waals surface area contributed by atoms with Gasteiger partial charge >= 0.3 is 5.97 Å². The van der Waals surface area contributed by atoms with Crippen LogP contribution < -0.4 is 0 Å². The number of esters is 1. The predicted molar refractivity (Wildman–Crippen MR) is 114 cm³/mol. The Kier molecular flexibility index (Phi) is 6.95. The molecule has 1 saturated heterocycles. The number of ketones is 1. The van der Waals surface area contributed by atoms with Gasteiger partial charge < -0.3 is 4.74 Å². The first-order chi connectivity index (χ1) is 14.2. The molecule has 1 heterocycles. The minimum absolute atomic E-state index is 0.0264. The van der Waals surface area contributed by atoms with E-state index in [0.717, 1.165) is 24.8 Å². The first-order valence-electron chi connectivity index (χ1n) is 9.81. The molecular formula is C22H24ClNO5S. The molecule has 0 amide bonds. The smallest absolute Gasteiger partial charge is 0.338 e. The van der Waals surface area contributed by atoms with Gasteiger partial charge in [0.05, 0.1) is 10.6 Å². The first kappa shape index (κ1) is 22.5. The Morgan fingerprint density at radius 2 is 1.60 bits per heavy atom. The van der Waals surface area contributed by atoms with Gasteiger partial charge in [-0.05, 0) is 44.9 Å². The number of aryl methyl sites for hydroxylation is 1. The van der Waals surface area contributed by atoms with E-state index in [-0.39, 0.29) is 21.3 Å². The number of carbonyl (C=O) groups is 2. The molecule has 2 aromatic rings. The number of sulfonamides is 1. The number of Topliss-reactive ketones (excluding diaryl/α,β-unsaturated/α-hetero) is 1. The number of halogens is 1. The third kappa shape index (κ3) is 4.91. The summed E-state index contributed by atoms with van der Waals surface area (Å²) in [7, 11) is -3.81. The zero-order chi connectivity index (χ0) is 21.9. The van der Waals surface area contributed by atoms with Gasteiger partial charge in [0, 0.05) is 18.7 Å². The van der Waals surface area contributed by atoms with E-state index >= 15 is 0 Å². The SMILES string of the molecule is Cc1ccc(C(=O)[C@H](C)OC(=O)c2ccc(Cl)c(S(=O)(=O)N3CCCCC3)c2)cc1. The van der Waals surface area contributed by atoms with Crippen LogP contribution >= 0.6 is 11.6 Å². The van der Waals surface area contributed by atoms with Gasteiger partial charge in [0.2, 0.25) is 15.8 Å². The van der Waals surface area contributed by atoms with Gasteiger partial charge in [0.1, 0.15) is 4.90 Å². The summed E-state index contributed by atoms with van der Waals surface area (Å²) in [6.45, 7) is 4.25. The summed E-state index contributed by atoms with van der Waals surface area (Å²) < 4.78 is 32.6. The van der Waals surface area contributed by atoms with E-state index in [0.29, 0.717) is 18.7 Å². The largest absolute Gasteiger partial charge is 0.451 e. The molecule has 1 aliphatic heterocycles. The fourth-order valence-electron chi connectivity index (χ4n) is 3.31. The molecule has 0 spiro atoms. The maximum absolute atomic E-state index is 13.0. The number of ether oxygens (including phenoxy) is 1. The molecular weight excluding hydrogens is 426 g/mol. The van der Waals surface area contributed by atoms with Crippen molar-refractivity contribution in [2.45, 2.75) is 44.1 Å². The second-order valence-corrected chi connectivity index (χ2v) is 9.70. The molecule has 0 aliphatic carbocycles. The van der Waals surface area contributed by atoms with Crippen LogP contribution in [0.1, 0.15) is 52.5 Å². The van der Waals surface area contributed by atoms with E-state index in [1.54, 1.807) is 24.3 Å². The quantitative estimate of drug-likeness (QED) is 0.486. The molecule has 0 saturated carbocycles. The fraction of sp³-hybridized carbons (Fsp3) is 0.364. The van der Waals surface area contributed by atoms with Gasteiger partial charge in [0.15, 0.2) is 6.10 Å². The van der Waals surface area contributed by atoms with Gasteiger partial charge in [-0.2, -0.15) is 4.31 Å². The lowest BCUT2D eigenvalue weighted by Gasteiger charge is -2.26. The van der Waals surface area contributed by atoms with Crippen LogP contribution in [0, 0.1) is 6.92 Å². The molecule has 3 rings (SSSR count). The van der Waals surface area contributed by atoms with Crippen molar-refractivity contribution in [2.24, 2.45) is 0 Å².